The molecule has 0 aliphatic heterocycles. The lowest BCUT2D eigenvalue weighted by atomic mass is 10.2. The van der Waals surface area contributed by atoms with Gasteiger partial charge in [-0.1, -0.05) is 0 Å². The van der Waals surface area contributed by atoms with E-state index in [1.165, 1.54) is 6.26 Å². The number of hydrogen-bond acceptors (Lipinski definition) is 5. The Morgan fingerprint density at radius 3 is 2.42 bits per heavy atom. The zero-order chi connectivity index (χ0) is 19.2. The monoisotopic (exact) mass is 391 g/mol. The molecule has 6 nitrogen and oxygen atoms in total. The second kappa shape index (κ2) is 8.37. The third-order valence-corrected chi connectivity index (χ3v) is 4.81. The molecular formula is C16H16F3NO5S. The van der Waals surface area contributed by atoms with Gasteiger partial charge < -0.3 is 14.5 Å². The number of carbonyl (C=O) groups is 1. The smallest absolute Gasteiger partial charge is 0.467 e. The predicted molar refractivity (Wildman–Crippen MR) is 85.0 cm³/mol. The third kappa shape index (κ3) is 5.09. The Kier molecular flexibility index (Phi) is 6.43. The topological polar surface area (TPSA) is 85.6 Å². The van der Waals surface area contributed by atoms with Crippen LogP contribution >= 0.6 is 0 Å². The van der Waals surface area contributed by atoms with Crippen molar-refractivity contribution in [2.24, 2.45) is 0 Å². The van der Waals surface area contributed by atoms with E-state index >= 15 is 0 Å². The number of furan rings is 1. The first-order valence-electron chi connectivity index (χ1n) is 7.51. The van der Waals surface area contributed by atoms with Crippen molar-refractivity contribution in [1.29, 1.82) is 0 Å². The van der Waals surface area contributed by atoms with E-state index in [4.69, 9.17) is 9.15 Å². The molecule has 0 bridgehead atoms. The van der Waals surface area contributed by atoms with E-state index in [0.717, 1.165) is 24.3 Å². The van der Waals surface area contributed by atoms with Crippen LogP contribution in [0, 0.1) is 0 Å². The van der Waals surface area contributed by atoms with E-state index in [-0.39, 0.29) is 5.56 Å². The van der Waals surface area contributed by atoms with Crippen LogP contribution in [0.5, 0.6) is 0 Å². The highest BCUT2D eigenvalue weighted by Gasteiger charge is 2.46. The summed E-state index contributed by atoms with van der Waals surface area (Å²) < 4.78 is 70.3. The van der Waals surface area contributed by atoms with Crippen LogP contribution in [0.2, 0.25) is 0 Å². The van der Waals surface area contributed by atoms with Crippen LogP contribution in [0.25, 0.3) is 0 Å². The second-order valence-electron chi connectivity index (χ2n) is 5.21. The van der Waals surface area contributed by atoms with Crippen molar-refractivity contribution in [3.8, 4) is 0 Å². The molecule has 1 amide bonds. The number of sulfone groups is 1. The van der Waals surface area contributed by atoms with Gasteiger partial charge in [0.2, 0.25) is 0 Å². The van der Waals surface area contributed by atoms with Crippen LogP contribution < -0.4 is 5.32 Å². The summed E-state index contributed by atoms with van der Waals surface area (Å²) in [7, 11) is -5.42. The fourth-order valence-corrected chi connectivity index (χ4v) is 2.73. The van der Waals surface area contributed by atoms with Crippen molar-refractivity contribution in [3.63, 3.8) is 0 Å². The minimum Gasteiger partial charge on any atom is -0.467 e. The number of rotatable bonds is 8. The zero-order valence-electron chi connectivity index (χ0n) is 13.5. The number of hydrogen-bond donors (Lipinski definition) is 1. The first kappa shape index (κ1) is 20.0. The summed E-state index contributed by atoms with van der Waals surface area (Å²) in [6, 6.07) is 7.08. The fourth-order valence-electron chi connectivity index (χ4n) is 1.96. The standard InChI is InChI=1S/C16H16F3NO5S/c17-16(18,19)26(22,23)14-6-4-12(5-7-14)15(21)20-8-2-9-24-11-13-3-1-10-25-13/h1,3-7,10H,2,8-9,11H2,(H,20,21). The van der Waals surface area contributed by atoms with Gasteiger partial charge in [0, 0.05) is 18.7 Å². The third-order valence-electron chi connectivity index (χ3n) is 3.31. The van der Waals surface area contributed by atoms with Gasteiger partial charge in [0.15, 0.2) is 0 Å². The molecule has 0 saturated carbocycles. The van der Waals surface area contributed by atoms with Crippen molar-refractivity contribution >= 4 is 15.7 Å². The summed E-state index contributed by atoms with van der Waals surface area (Å²) in [6.45, 7) is 0.986. The maximum Gasteiger partial charge on any atom is 0.501 e. The number of amides is 1. The lowest BCUT2D eigenvalue weighted by Gasteiger charge is -2.09. The van der Waals surface area contributed by atoms with Gasteiger partial charge in [0.05, 0.1) is 11.2 Å². The Morgan fingerprint density at radius 1 is 1.15 bits per heavy atom. The molecule has 1 aromatic heterocycles. The van der Waals surface area contributed by atoms with Crippen molar-refractivity contribution in [2.45, 2.75) is 23.4 Å². The number of benzene rings is 1. The van der Waals surface area contributed by atoms with Gasteiger partial charge in [-0.25, -0.2) is 8.42 Å². The average Bonchev–Trinajstić information content (AvgIpc) is 3.10. The van der Waals surface area contributed by atoms with Crippen LogP contribution in [0.15, 0.2) is 52.0 Å². The van der Waals surface area contributed by atoms with E-state index in [0.29, 0.717) is 31.9 Å². The molecule has 1 heterocycles. The van der Waals surface area contributed by atoms with Crippen molar-refractivity contribution in [3.05, 3.63) is 54.0 Å². The second-order valence-corrected chi connectivity index (χ2v) is 7.16. The van der Waals surface area contributed by atoms with Gasteiger partial charge in [-0.3, -0.25) is 4.79 Å². The van der Waals surface area contributed by atoms with Crippen LogP contribution in [0.1, 0.15) is 22.5 Å². The first-order chi connectivity index (χ1) is 12.2. The molecule has 1 N–H and O–H groups in total. The zero-order valence-corrected chi connectivity index (χ0v) is 14.3. The van der Waals surface area contributed by atoms with Gasteiger partial charge in [0.25, 0.3) is 15.7 Å². The molecule has 0 aliphatic rings. The van der Waals surface area contributed by atoms with Gasteiger partial charge in [-0.15, -0.1) is 0 Å². The SMILES string of the molecule is O=C(NCCCOCc1ccco1)c1ccc(S(=O)(=O)C(F)(F)F)cc1. The summed E-state index contributed by atoms with van der Waals surface area (Å²) >= 11 is 0. The van der Waals surface area contributed by atoms with Crippen molar-refractivity contribution < 1.29 is 35.5 Å². The molecule has 0 fully saturated rings. The summed E-state index contributed by atoms with van der Waals surface area (Å²) in [4.78, 5) is 11.0. The van der Waals surface area contributed by atoms with Gasteiger partial charge in [0.1, 0.15) is 12.4 Å². The molecule has 142 valence electrons. The van der Waals surface area contributed by atoms with Gasteiger partial charge in [-0.2, -0.15) is 13.2 Å². The quantitative estimate of drug-likeness (QED) is 0.700. The molecule has 0 saturated heterocycles. The maximum atomic E-state index is 12.5. The largest absolute Gasteiger partial charge is 0.501 e. The molecule has 26 heavy (non-hydrogen) atoms. The van der Waals surface area contributed by atoms with Crippen LogP contribution in [0.4, 0.5) is 13.2 Å². The Labute approximate surface area is 147 Å². The number of nitrogens with one attached hydrogen (secondary N) is 1. The minimum atomic E-state index is -5.42. The number of halogens is 3. The van der Waals surface area contributed by atoms with E-state index in [2.05, 4.69) is 5.32 Å². The van der Waals surface area contributed by atoms with Crippen LogP contribution in [-0.2, 0) is 21.2 Å². The molecular weight excluding hydrogens is 375 g/mol. The molecule has 0 radical (unpaired) electrons. The maximum absolute atomic E-state index is 12.5. The average molecular weight is 391 g/mol. The lowest BCUT2D eigenvalue weighted by molar-refractivity contribution is -0.0436. The molecule has 1 aromatic carbocycles. The summed E-state index contributed by atoms with van der Waals surface area (Å²) in [5.41, 5.74) is -5.32. The number of carbonyl (C=O) groups excluding carboxylic acids is 1. The molecule has 0 aliphatic carbocycles. The highest BCUT2D eigenvalue weighted by molar-refractivity contribution is 7.92. The van der Waals surface area contributed by atoms with Crippen LogP contribution in [0.3, 0.4) is 0 Å². The number of alkyl halides is 3. The summed E-state index contributed by atoms with van der Waals surface area (Å²) in [6.07, 6.45) is 2.05. The molecule has 0 atom stereocenters. The Hall–Kier alpha value is -2.33. The molecule has 0 spiro atoms. The van der Waals surface area contributed by atoms with E-state index < -0.39 is 26.1 Å². The summed E-state index contributed by atoms with van der Waals surface area (Å²) in [5.74, 6) is 0.162. The van der Waals surface area contributed by atoms with Crippen molar-refractivity contribution in [2.75, 3.05) is 13.2 Å². The molecule has 2 aromatic rings. The molecule has 2 rings (SSSR count). The van der Waals surface area contributed by atoms with Crippen molar-refractivity contribution in [1.82, 2.24) is 5.32 Å². The Morgan fingerprint density at radius 2 is 1.85 bits per heavy atom. The molecule has 10 heteroatoms. The van der Waals surface area contributed by atoms with Crippen LogP contribution in [-0.4, -0.2) is 33.0 Å². The first-order valence-corrected chi connectivity index (χ1v) is 9.00. The predicted octanol–water partition coefficient (Wildman–Crippen LogP) is 2.91. The molecule has 0 unspecified atom stereocenters. The van der Waals surface area contributed by atoms with E-state index in [1.807, 2.05) is 0 Å². The Bertz CT molecular complexity index is 815. The van der Waals surface area contributed by atoms with E-state index in [1.54, 1.807) is 12.1 Å². The minimum absolute atomic E-state index is 0.0580. The fraction of sp³-hybridized carbons (Fsp3) is 0.312. The normalized spacial score (nSPS) is 12.1. The highest BCUT2D eigenvalue weighted by Crippen LogP contribution is 2.30. The van der Waals surface area contributed by atoms with Gasteiger partial charge in [-0.05, 0) is 42.8 Å². The van der Waals surface area contributed by atoms with E-state index in [9.17, 15) is 26.4 Å². The van der Waals surface area contributed by atoms with Gasteiger partial charge >= 0.3 is 5.51 Å². The Balaban J connectivity index is 1.77. The summed E-state index contributed by atoms with van der Waals surface area (Å²) in [5, 5.41) is 2.57. The highest BCUT2D eigenvalue weighted by atomic mass is 32.2. The lowest BCUT2D eigenvalue weighted by Crippen LogP contribution is -2.26. The number of ether oxygens (including phenoxy) is 1.